The first-order valence-corrected chi connectivity index (χ1v) is 5.85. The lowest BCUT2D eigenvalue weighted by Gasteiger charge is -2.14. The van der Waals surface area contributed by atoms with Gasteiger partial charge in [-0.2, -0.15) is 5.10 Å². The van der Waals surface area contributed by atoms with E-state index in [2.05, 4.69) is 32.3 Å². The molecule has 3 rings (SSSR count). The van der Waals surface area contributed by atoms with E-state index in [-0.39, 0.29) is 6.04 Å². The van der Waals surface area contributed by atoms with Crippen molar-refractivity contribution in [1.29, 1.82) is 0 Å². The van der Waals surface area contributed by atoms with Gasteiger partial charge >= 0.3 is 0 Å². The Morgan fingerprint density at radius 2 is 2.39 bits per heavy atom. The van der Waals surface area contributed by atoms with Gasteiger partial charge in [-0.05, 0) is 19.1 Å². The van der Waals surface area contributed by atoms with Crippen LogP contribution in [0.4, 0.5) is 5.82 Å². The average Bonchev–Trinajstić information content (AvgIpc) is 2.99. The largest absolute Gasteiger partial charge is 0.365 e. The molecule has 3 heterocycles. The van der Waals surface area contributed by atoms with E-state index in [1.165, 1.54) is 0 Å². The third-order valence-electron chi connectivity index (χ3n) is 2.76. The van der Waals surface area contributed by atoms with Gasteiger partial charge in [-0.15, -0.1) is 0 Å². The van der Waals surface area contributed by atoms with E-state index in [1.54, 1.807) is 12.5 Å². The number of H-pyrrole nitrogens is 1. The normalized spacial score (nSPS) is 12.7. The van der Waals surface area contributed by atoms with Gasteiger partial charge in [-0.1, -0.05) is 0 Å². The van der Waals surface area contributed by atoms with Crippen molar-refractivity contribution in [2.45, 2.75) is 19.5 Å². The summed E-state index contributed by atoms with van der Waals surface area (Å²) in [5.74, 6) is 0.848. The van der Waals surface area contributed by atoms with Crippen molar-refractivity contribution in [3.63, 3.8) is 0 Å². The molecule has 6 nitrogen and oxygen atoms in total. The minimum absolute atomic E-state index is 0.234. The lowest BCUT2D eigenvalue weighted by Crippen LogP contribution is -2.22. The van der Waals surface area contributed by atoms with E-state index in [1.807, 2.05) is 29.2 Å². The lowest BCUT2D eigenvalue weighted by atomic mass is 10.3. The van der Waals surface area contributed by atoms with Gasteiger partial charge in [0.1, 0.15) is 17.8 Å². The fraction of sp³-hybridized carbons (Fsp3) is 0.250. The van der Waals surface area contributed by atoms with Crippen molar-refractivity contribution >= 4 is 16.9 Å². The molecule has 0 saturated heterocycles. The van der Waals surface area contributed by atoms with Crippen LogP contribution in [0.3, 0.4) is 0 Å². The zero-order valence-corrected chi connectivity index (χ0v) is 10.0. The predicted octanol–water partition coefficient (Wildman–Crippen LogP) is 1.66. The summed E-state index contributed by atoms with van der Waals surface area (Å²) in [5, 5.41) is 8.57. The number of hydrogen-bond acceptors (Lipinski definition) is 4. The highest BCUT2D eigenvalue weighted by Gasteiger charge is 2.08. The van der Waals surface area contributed by atoms with E-state index >= 15 is 0 Å². The summed E-state index contributed by atoms with van der Waals surface area (Å²) in [6.07, 6.45) is 7.15. The van der Waals surface area contributed by atoms with Crippen LogP contribution in [-0.4, -0.2) is 30.8 Å². The van der Waals surface area contributed by atoms with Gasteiger partial charge < -0.3 is 10.3 Å². The quantitative estimate of drug-likeness (QED) is 0.729. The molecule has 92 valence electrons. The maximum absolute atomic E-state index is 4.28. The van der Waals surface area contributed by atoms with Gasteiger partial charge in [0, 0.05) is 24.6 Å². The van der Waals surface area contributed by atoms with E-state index in [0.29, 0.717) is 0 Å². The summed E-state index contributed by atoms with van der Waals surface area (Å²) in [7, 11) is 0. The van der Waals surface area contributed by atoms with Crippen molar-refractivity contribution in [2.24, 2.45) is 0 Å². The van der Waals surface area contributed by atoms with Crippen LogP contribution in [0.25, 0.3) is 11.0 Å². The Balaban J connectivity index is 1.77. The second-order valence-corrected chi connectivity index (χ2v) is 4.24. The highest BCUT2D eigenvalue weighted by molar-refractivity contribution is 5.86. The molecule has 18 heavy (non-hydrogen) atoms. The van der Waals surface area contributed by atoms with Crippen molar-refractivity contribution in [3.8, 4) is 0 Å². The molecular formula is C12H14N6. The van der Waals surface area contributed by atoms with E-state index in [4.69, 9.17) is 0 Å². The van der Waals surface area contributed by atoms with Gasteiger partial charge in [0.2, 0.25) is 0 Å². The molecule has 0 spiro atoms. The van der Waals surface area contributed by atoms with Crippen LogP contribution < -0.4 is 5.32 Å². The predicted molar refractivity (Wildman–Crippen MR) is 69.2 cm³/mol. The van der Waals surface area contributed by atoms with Crippen molar-refractivity contribution in [1.82, 2.24) is 24.7 Å². The number of nitrogens with one attached hydrogen (secondary N) is 2. The van der Waals surface area contributed by atoms with Gasteiger partial charge in [-0.25, -0.2) is 9.97 Å². The molecule has 2 N–H and O–H groups in total. The Morgan fingerprint density at radius 1 is 1.44 bits per heavy atom. The maximum Gasteiger partial charge on any atom is 0.142 e. The van der Waals surface area contributed by atoms with Crippen LogP contribution in [0, 0.1) is 0 Å². The number of anilines is 1. The Morgan fingerprint density at radius 3 is 3.22 bits per heavy atom. The fourth-order valence-electron chi connectivity index (χ4n) is 1.96. The molecule has 0 aromatic carbocycles. The molecule has 0 saturated carbocycles. The number of rotatable bonds is 4. The molecule has 3 aromatic heterocycles. The zero-order valence-electron chi connectivity index (χ0n) is 10.0. The first kappa shape index (κ1) is 10.8. The van der Waals surface area contributed by atoms with Gasteiger partial charge in [0.05, 0.1) is 11.9 Å². The fourth-order valence-corrected chi connectivity index (χ4v) is 1.96. The molecule has 0 amide bonds. The molecule has 0 aliphatic heterocycles. The maximum atomic E-state index is 4.28. The summed E-state index contributed by atoms with van der Waals surface area (Å²) in [6.45, 7) is 2.89. The van der Waals surface area contributed by atoms with Gasteiger partial charge in [0.15, 0.2) is 0 Å². The van der Waals surface area contributed by atoms with Crippen LogP contribution in [0.1, 0.15) is 6.92 Å². The van der Waals surface area contributed by atoms with Crippen molar-refractivity contribution in [3.05, 3.63) is 37.1 Å². The Kier molecular flexibility index (Phi) is 2.68. The molecule has 1 unspecified atom stereocenters. The standard InChI is InChI=1S/C12H14N6/c1-9(7-18-6-2-4-16-18)17-12-10-3-5-13-11(10)14-8-15-12/h2-6,8-9H,7H2,1H3,(H2,13,14,15,17). The molecular weight excluding hydrogens is 228 g/mol. The molecule has 6 heteroatoms. The van der Waals surface area contributed by atoms with Crippen LogP contribution in [0.2, 0.25) is 0 Å². The molecule has 0 fully saturated rings. The number of hydrogen-bond donors (Lipinski definition) is 2. The summed E-state index contributed by atoms with van der Waals surface area (Å²) in [4.78, 5) is 11.5. The minimum atomic E-state index is 0.234. The van der Waals surface area contributed by atoms with Crippen LogP contribution in [0.5, 0.6) is 0 Å². The summed E-state index contributed by atoms with van der Waals surface area (Å²) in [6, 6.07) is 4.12. The Labute approximate surface area is 104 Å². The monoisotopic (exact) mass is 242 g/mol. The minimum Gasteiger partial charge on any atom is -0.365 e. The SMILES string of the molecule is CC(Cn1cccn1)Nc1ncnc2[nH]ccc12. The topological polar surface area (TPSA) is 71.4 Å². The van der Waals surface area contributed by atoms with E-state index < -0.39 is 0 Å². The van der Waals surface area contributed by atoms with Crippen molar-refractivity contribution in [2.75, 3.05) is 5.32 Å². The summed E-state index contributed by atoms with van der Waals surface area (Å²) < 4.78 is 1.90. The number of nitrogens with zero attached hydrogens (tertiary/aromatic N) is 4. The average molecular weight is 242 g/mol. The molecule has 0 aliphatic rings. The van der Waals surface area contributed by atoms with Gasteiger partial charge in [-0.3, -0.25) is 4.68 Å². The van der Waals surface area contributed by atoms with Crippen LogP contribution in [0.15, 0.2) is 37.1 Å². The summed E-state index contributed by atoms with van der Waals surface area (Å²) >= 11 is 0. The number of fused-ring (bicyclic) bond motifs is 1. The summed E-state index contributed by atoms with van der Waals surface area (Å²) in [5.41, 5.74) is 0.846. The molecule has 3 aromatic rings. The Hall–Kier alpha value is -2.37. The molecule has 0 aliphatic carbocycles. The third kappa shape index (κ3) is 2.04. The van der Waals surface area contributed by atoms with E-state index in [0.717, 1.165) is 23.4 Å². The highest BCUT2D eigenvalue weighted by atomic mass is 15.3. The molecule has 0 bridgehead atoms. The lowest BCUT2D eigenvalue weighted by molar-refractivity contribution is 0.560. The number of aromatic amines is 1. The molecule has 1 atom stereocenters. The second-order valence-electron chi connectivity index (χ2n) is 4.24. The molecule has 0 radical (unpaired) electrons. The Bertz CT molecular complexity index is 627. The number of aromatic nitrogens is 5. The second kappa shape index (κ2) is 4.48. The highest BCUT2D eigenvalue weighted by Crippen LogP contribution is 2.18. The van der Waals surface area contributed by atoms with Crippen LogP contribution >= 0.6 is 0 Å². The van der Waals surface area contributed by atoms with Crippen molar-refractivity contribution < 1.29 is 0 Å². The zero-order chi connectivity index (χ0) is 12.4. The first-order chi connectivity index (χ1) is 8.83. The van der Waals surface area contributed by atoms with Gasteiger partial charge in [0.25, 0.3) is 0 Å². The third-order valence-corrected chi connectivity index (χ3v) is 2.76. The van der Waals surface area contributed by atoms with E-state index in [9.17, 15) is 0 Å². The first-order valence-electron chi connectivity index (χ1n) is 5.85. The van der Waals surface area contributed by atoms with Crippen LogP contribution in [-0.2, 0) is 6.54 Å². The smallest absolute Gasteiger partial charge is 0.142 e.